The minimum absolute atomic E-state index is 0.215. The fourth-order valence-corrected chi connectivity index (χ4v) is 3.30. The van der Waals surface area contributed by atoms with E-state index in [2.05, 4.69) is 15.9 Å². The normalized spacial score (nSPS) is 10.6. The molecular formula is C14H11BrClFS. The van der Waals surface area contributed by atoms with Gasteiger partial charge in [-0.2, -0.15) is 11.8 Å². The van der Waals surface area contributed by atoms with Gasteiger partial charge >= 0.3 is 0 Å². The highest BCUT2D eigenvalue weighted by Gasteiger charge is 2.02. The molecule has 0 saturated heterocycles. The van der Waals surface area contributed by atoms with Gasteiger partial charge in [0.2, 0.25) is 0 Å². The average Bonchev–Trinajstić information content (AvgIpc) is 2.34. The first-order valence-corrected chi connectivity index (χ1v) is 7.74. The molecule has 4 heteroatoms. The third-order valence-electron chi connectivity index (χ3n) is 2.45. The van der Waals surface area contributed by atoms with Crippen molar-refractivity contribution >= 4 is 39.3 Å². The molecule has 0 atom stereocenters. The van der Waals surface area contributed by atoms with Gasteiger partial charge in [0.15, 0.2) is 0 Å². The molecule has 0 spiro atoms. The van der Waals surface area contributed by atoms with Crippen molar-refractivity contribution in [3.8, 4) is 0 Å². The van der Waals surface area contributed by atoms with Crippen LogP contribution in [0.15, 0.2) is 46.9 Å². The fourth-order valence-electron chi connectivity index (χ4n) is 1.50. The van der Waals surface area contributed by atoms with Crippen LogP contribution < -0.4 is 0 Å². The standard InChI is InChI=1S/C14H11BrClFS/c15-14-7-13(17)6-3-11(14)9-18-8-10-1-4-12(16)5-2-10/h1-7H,8-9H2. The first kappa shape index (κ1) is 13.9. The van der Waals surface area contributed by atoms with Gasteiger partial charge in [-0.1, -0.05) is 45.7 Å². The van der Waals surface area contributed by atoms with E-state index in [1.54, 1.807) is 11.8 Å². The minimum Gasteiger partial charge on any atom is -0.207 e. The third kappa shape index (κ3) is 4.01. The van der Waals surface area contributed by atoms with E-state index in [4.69, 9.17) is 11.6 Å². The molecule has 0 heterocycles. The molecule has 0 aromatic heterocycles. The van der Waals surface area contributed by atoms with E-state index >= 15 is 0 Å². The Hall–Kier alpha value is -0.510. The Morgan fingerprint density at radius 1 is 1.06 bits per heavy atom. The Kier molecular flexibility index (Phi) is 5.10. The van der Waals surface area contributed by atoms with Gasteiger partial charge in [0, 0.05) is 21.0 Å². The van der Waals surface area contributed by atoms with Crippen LogP contribution in [-0.4, -0.2) is 0 Å². The summed E-state index contributed by atoms with van der Waals surface area (Å²) < 4.78 is 13.7. The summed E-state index contributed by atoms with van der Waals surface area (Å²) in [6.45, 7) is 0. The Labute approximate surface area is 124 Å². The van der Waals surface area contributed by atoms with Crippen LogP contribution in [0.1, 0.15) is 11.1 Å². The summed E-state index contributed by atoms with van der Waals surface area (Å²) >= 11 is 11.0. The summed E-state index contributed by atoms with van der Waals surface area (Å²) in [6.07, 6.45) is 0. The second-order valence-corrected chi connectivity index (χ2v) is 6.13. The zero-order valence-corrected chi connectivity index (χ0v) is 12.7. The molecule has 0 fully saturated rings. The van der Waals surface area contributed by atoms with Crippen molar-refractivity contribution in [3.63, 3.8) is 0 Å². The van der Waals surface area contributed by atoms with Crippen LogP contribution in [-0.2, 0) is 11.5 Å². The van der Waals surface area contributed by atoms with Crippen LogP contribution in [0.25, 0.3) is 0 Å². The smallest absolute Gasteiger partial charge is 0.124 e. The van der Waals surface area contributed by atoms with Crippen molar-refractivity contribution in [2.75, 3.05) is 0 Å². The van der Waals surface area contributed by atoms with Gasteiger partial charge in [-0.05, 0) is 35.4 Å². The van der Waals surface area contributed by atoms with E-state index in [1.807, 2.05) is 30.3 Å². The number of hydrogen-bond donors (Lipinski definition) is 0. The first-order valence-electron chi connectivity index (χ1n) is 5.41. The number of benzene rings is 2. The lowest BCUT2D eigenvalue weighted by molar-refractivity contribution is 0.626. The van der Waals surface area contributed by atoms with Gasteiger partial charge in [-0.3, -0.25) is 0 Å². The molecule has 2 aromatic rings. The number of hydrogen-bond acceptors (Lipinski definition) is 1. The van der Waals surface area contributed by atoms with Crippen LogP contribution in [0.2, 0.25) is 5.02 Å². The number of thioether (sulfide) groups is 1. The van der Waals surface area contributed by atoms with Gasteiger partial charge in [-0.25, -0.2) is 4.39 Å². The van der Waals surface area contributed by atoms with E-state index in [-0.39, 0.29) is 5.82 Å². The van der Waals surface area contributed by atoms with Crippen molar-refractivity contribution in [1.82, 2.24) is 0 Å². The molecule has 0 radical (unpaired) electrons. The molecule has 18 heavy (non-hydrogen) atoms. The summed E-state index contributed by atoms with van der Waals surface area (Å²) in [6, 6.07) is 12.6. The van der Waals surface area contributed by atoms with Gasteiger partial charge < -0.3 is 0 Å². The topological polar surface area (TPSA) is 0 Å². The molecule has 2 aromatic carbocycles. The number of rotatable bonds is 4. The molecule has 0 nitrogen and oxygen atoms in total. The lowest BCUT2D eigenvalue weighted by Crippen LogP contribution is -1.86. The molecular weight excluding hydrogens is 335 g/mol. The van der Waals surface area contributed by atoms with Crippen LogP contribution >= 0.6 is 39.3 Å². The maximum Gasteiger partial charge on any atom is 0.124 e. The van der Waals surface area contributed by atoms with E-state index in [0.717, 1.165) is 26.6 Å². The van der Waals surface area contributed by atoms with Gasteiger partial charge in [0.05, 0.1) is 0 Å². The summed E-state index contributed by atoms with van der Waals surface area (Å²) in [7, 11) is 0. The van der Waals surface area contributed by atoms with Crippen LogP contribution in [0.4, 0.5) is 4.39 Å². The predicted octanol–water partition coefficient (Wildman–Crippen LogP) is 5.68. The Balaban J connectivity index is 1.90. The second kappa shape index (κ2) is 6.60. The molecule has 0 aliphatic rings. The largest absolute Gasteiger partial charge is 0.207 e. The zero-order valence-electron chi connectivity index (χ0n) is 9.50. The SMILES string of the molecule is Fc1ccc(CSCc2ccc(Cl)cc2)c(Br)c1. The Morgan fingerprint density at radius 2 is 1.78 bits per heavy atom. The molecule has 94 valence electrons. The van der Waals surface area contributed by atoms with Crippen molar-refractivity contribution in [1.29, 1.82) is 0 Å². The lowest BCUT2D eigenvalue weighted by atomic mass is 10.2. The maximum atomic E-state index is 12.9. The molecule has 2 rings (SSSR count). The Morgan fingerprint density at radius 3 is 2.44 bits per heavy atom. The van der Waals surface area contributed by atoms with E-state index < -0.39 is 0 Å². The molecule has 0 aliphatic heterocycles. The number of halogens is 3. The lowest BCUT2D eigenvalue weighted by Gasteiger charge is -2.05. The zero-order chi connectivity index (χ0) is 13.0. The first-order chi connectivity index (χ1) is 8.65. The fraction of sp³-hybridized carbons (Fsp3) is 0.143. The van der Waals surface area contributed by atoms with Crippen LogP contribution in [0.3, 0.4) is 0 Å². The second-order valence-electron chi connectivity index (χ2n) is 3.85. The molecule has 0 bridgehead atoms. The molecule has 0 saturated carbocycles. The highest BCUT2D eigenvalue weighted by Crippen LogP contribution is 2.25. The monoisotopic (exact) mass is 344 g/mol. The van der Waals surface area contributed by atoms with Crippen molar-refractivity contribution in [3.05, 3.63) is 68.9 Å². The van der Waals surface area contributed by atoms with Gasteiger partial charge in [0.25, 0.3) is 0 Å². The third-order valence-corrected chi connectivity index (χ3v) is 4.50. The summed E-state index contributed by atoms with van der Waals surface area (Å²) in [5.41, 5.74) is 2.35. The van der Waals surface area contributed by atoms with Gasteiger partial charge in [-0.15, -0.1) is 0 Å². The van der Waals surface area contributed by atoms with Crippen molar-refractivity contribution in [2.24, 2.45) is 0 Å². The average molecular weight is 346 g/mol. The van der Waals surface area contributed by atoms with Gasteiger partial charge in [0.1, 0.15) is 5.82 Å². The molecule has 0 unspecified atom stereocenters. The maximum absolute atomic E-state index is 12.9. The summed E-state index contributed by atoms with van der Waals surface area (Å²) in [4.78, 5) is 0. The van der Waals surface area contributed by atoms with Crippen LogP contribution in [0, 0.1) is 5.82 Å². The quantitative estimate of drug-likeness (QED) is 0.687. The highest BCUT2D eigenvalue weighted by atomic mass is 79.9. The van der Waals surface area contributed by atoms with Crippen molar-refractivity contribution < 1.29 is 4.39 Å². The van der Waals surface area contributed by atoms with Crippen molar-refractivity contribution in [2.45, 2.75) is 11.5 Å². The predicted molar refractivity (Wildman–Crippen MR) is 80.6 cm³/mol. The highest BCUT2D eigenvalue weighted by molar-refractivity contribution is 9.10. The minimum atomic E-state index is -0.215. The summed E-state index contributed by atoms with van der Waals surface area (Å²) in [5, 5.41) is 0.755. The molecule has 0 amide bonds. The summed E-state index contributed by atoms with van der Waals surface area (Å²) in [5.74, 6) is 1.55. The van der Waals surface area contributed by atoms with E-state index in [0.29, 0.717) is 0 Å². The van der Waals surface area contributed by atoms with E-state index in [1.165, 1.54) is 17.7 Å². The molecule has 0 N–H and O–H groups in total. The molecule has 0 aliphatic carbocycles. The van der Waals surface area contributed by atoms with Crippen LogP contribution in [0.5, 0.6) is 0 Å². The van der Waals surface area contributed by atoms with E-state index in [9.17, 15) is 4.39 Å². The Bertz CT molecular complexity index is 528.